The van der Waals surface area contributed by atoms with E-state index in [1.165, 1.54) is 36.7 Å². The van der Waals surface area contributed by atoms with Gasteiger partial charge in [-0.2, -0.15) is 0 Å². The lowest BCUT2D eigenvalue weighted by molar-refractivity contribution is -0.422. The fourth-order valence-electron chi connectivity index (χ4n) is 10.6. The van der Waals surface area contributed by atoms with Gasteiger partial charge in [0.25, 0.3) is 5.91 Å². The molecule has 1 saturated heterocycles. The Morgan fingerprint density at radius 1 is 1.00 bits per heavy atom. The number of hydrogen-bond donors (Lipinski definition) is 10. The molecule has 0 bridgehead atoms. The van der Waals surface area contributed by atoms with E-state index in [-0.39, 0.29) is 28.7 Å². The van der Waals surface area contributed by atoms with Gasteiger partial charge in [0.1, 0.15) is 29.8 Å². The van der Waals surface area contributed by atoms with Crippen LogP contribution in [-0.2, 0) is 26.2 Å². The van der Waals surface area contributed by atoms with Crippen molar-refractivity contribution < 1.29 is 65.0 Å². The molecule has 3 aromatic carbocycles. The molecular formula is C45H45N3O13. The molecule has 10 atom stereocenters. The molecule has 0 unspecified atom stereocenters. The van der Waals surface area contributed by atoms with E-state index in [9.17, 15) is 55.5 Å². The first kappa shape index (κ1) is 40.4. The van der Waals surface area contributed by atoms with Crippen LogP contribution in [0.4, 0.5) is 5.69 Å². The quantitative estimate of drug-likeness (QED) is 0.0661. The van der Waals surface area contributed by atoms with Gasteiger partial charge >= 0.3 is 11.9 Å². The number of imidazole rings is 1. The summed E-state index contributed by atoms with van der Waals surface area (Å²) in [6.07, 6.45) is 8.62. The predicted octanol–water partition coefficient (Wildman–Crippen LogP) is 2.92. The number of benzene rings is 3. The van der Waals surface area contributed by atoms with Crippen LogP contribution in [0.1, 0.15) is 65.1 Å². The van der Waals surface area contributed by atoms with Crippen molar-refractivity contribution in [1.29, 1.82) is 0 Å². The lowest BCUT2D eigenvalue weighted by atomic mass is 9.51. The number of aliphatic carboxylic acids is 1. The average Bonchev–Trinajstić information content (AvgIpc) is 3.98. The number of aliphatic hydroxyl groups excluding tert-OH is 4. The maximum absolute atomic E-state index is 14.8. The number of phenolic OH excluding ortho intramolecular Hbond substituents is 3. The largest absolute Gasteiger partial charge is 0.508 e. The van der Waals surface area contributed by atoms with Crippen molar-refractivity contribution in [3.05, 3.63) is 119 Å². The molecule has 9 rings (SSSR count). The topological polar surface area (TPSA) is 267 Å². The molecule has 3 aliphatic carbocycles. The number of allylic oxidation sites excluding steroid dienone is 2. The number of ether oxygens (including phenoxy) is 2. The summed E-state index contributed by atoms with van der Waals surface area (Å²) in [7, 11) is 0. The van der Waals surface area contributed by atoms with Crippen molar-refractivity contribution in [3.63, 3.8) is 0 Å². The van der Waals surface area contributed by atoms with Crippen LogP contribution in [0.15, 0.2) is 85.4 Å². The van der Waals surface area contributed by atoms with Gasteiger partial charge < -0.3 is 60.4 Å². The van der Waals surface area contributed by atoms with E-state index >= 15 is 0 Å². The van der Waals surface area contributed by atoms with Gasteiger partial charge in [-0.15, -0.1) is 0 Å². The molecule has 5 aliphatic rings. The molecule has 10 N–H and O–H groups in total. The number of aliphatic hydroxyl groups is 5. The summed E-state index contributed by atoms with van der Waals surface area (Å²) in [6.45, 7) is -0.903. The minimum atomic E-state index is -3.15. The Balaban J connectivity index is 1.18. The predicted molar refractivity (Wildman–Crippen MR) is 216 cm³/mol. The van der Waals surface area contributed by atoms with Crippen LogP contribution in [0.5, 0.6) is 23.0 Å². The Kier molecular flexibility index (Phi) is 9.84. The number of anilines is 1. The smallest absolute Gasteiger partial charge is 0.355 e. The molecule has 61 heavy (non-hydrogen) atoms. The van der Waals surface area contributed by atoms with E-state index in [2.05, 4.69) is 16.0 Å². The average molecular weight is 836 g/mol. The minimum Gasteiger partial charge on any atom is -0.508 e. The number of carbonyl (C=O) groups is 2. The molecule has 16 heteroatoms. The van der Waals surface area contributed by atoms with E-state index in [1.54, 1.807) is 36.5 Å². The number of H-pyrrole nitrogens is 1. The van der Waals surface area contributed by atoms with Gasteiger partial charge in [0.15, 0.2) is 23.1 Å². The SMILES string of the molecule is O=C(/C=C/c1ccc(O)c(Cc2cnc[nH]2)c1)N1c2cc(O[C@]3(O)O[C@H](CO)[C@@H](O)[C@H](O)[C@H]3O)c(O)cc2[C@H]2[C@H]([C@]34CCCC[C@@H]3C=Cc3cccc(O)c34)C=C[C@]21C(=O)O. The number of rotatable bonds is 9. The standard InChI is InChI=1S/C45H45N3O13/c49-21-35-39(54)40(55)41(56)45(59,61-35)60-34-19-30-28(18-33(34)52)38-29(43-14-2-1-5-26(43)10-9-24-4-3-6-32(51)37(24)43)13-15-44(38,42(57)58)48(30)36(53)12-8-23-7-11-31(50)25(16-23)17-27-20-46-22-47-27/h3-4,6-13,15-16,18-20,22,26,29,35,38-41,49-52,54-56,59H,1-2,5,14,17,21H2,(H,46,47)(H,57,58)/b12-8+/t26-,29-,35-,38+,39-,40+,41-,43+,44-,45+/m1/s1. The molecular weight excluding hydrogens is 791 g/mol. The first-order valence-electron chi connectivity index (χ1n) is 20.1. The fourth-order valence-corrected chi connectivity index (χ4v) is 10.6. The summed E-state index contributed by atoms with van der Waals surface area (Å²) >= 11 is 0. The normalized spacial score (nSPS) is 32.3. The number of nitrogens with one attached hydrogen (secondary N) is 1. The molecule has 0 spiro atoms. The third-order valence-corrected chi connectivity index (χ3v) is 13.3. The number of aromatic hydroxyl groups is 3. The third-order valence-electron chi connectivity index (χ3n) is 13.3. The Labute approximate surface area is 348 Å². The van der Waals surface area contributed by atoms with Crippen LogP contribution in [0, 0.1) is 11.8 Å². The van der Waals surface area contributed by atoms with Crippen molar-refractivity contribution in [2.75, 3.05) is 11.5 Å². The van der Waals surface area contributed by atoms with Crippen LogP contribution in [0.3, 0.4) is 0 Å². The van der Waals surface area contributed by atoms with E-state index in [4.69, 9.17) is 9.47 Å². The first-order chi connectivity index (χ1) is 29.2. The van der Waals surface area contributed by atoms with Crippen LogP contribution in [0.25, 0.3) is 12.2 Å². The van der Waals surface area contributed by atoms with Gasteiger partial charge in [-0.1, -0.05) is 55.3 Å². The molecule has 0 radical (unpaired) electrons. The Hall–Kier alpha value is -6.01. The van der Waals surface area contributed by atoms with E-state index < -0.39 is 83.2 Å². The second kappa shape index (κ2) is 14.9. The Morgan fingerprint density at radius 2 is 1.82 bits per heavy atom. The van der Waals surface area contributed by atoms with Crippen molar-refractivity contribution in [2.24, 2.45) is 11.8 Å². The number of fused-ring (bicyclic) bond motifs is 6. The Bertz CT molecular complexity index is 2480. The second-order valence-electron chi connectivity index (χ2n) is 16.5. The maximum Gasteiger partial charge on any atom is 0.355 e. The summed E-state index contributed by atoms with van der Waals surface area (Å²) in [4.78, 5) is 37.0. The summed E-state index contributed by atoms with van der Waals surface area (Å²) in [6, 6.07) is 12.4. The summed E-state index contributed by atoms with van der Waals surface area (Å²) < 4.78 is 11.0. The minimum absolute atomic E-state index is 0.0142. The van der Waals surface area contributed by atoms with Gasteiger partial charge in [-0.25, -0.2) is 9.78 Å². The van der Waals surface area contributed by atoms with Crippen molar-refractivity contribution in [2.45, 2.75) is 79.4 Å². The number of hydrogen-bond acceptors (Lipinski definition) is 13. The number of phenols is 3. The lowest BCUT2D eigenvalue weighted by Crippen LogP contribution is -2.67. The highest BCUT2D eigenvalue weighted by atomic mass is 16.8. The Morgan fingerprint density at radius 3 is 2.57 bits per heavy atom. The maximum atomic E-state index is 14.8. The molecule has 2 aliphatic heterocycles. The molecule has 4 aromatic rings. The van der Waals surface area contributed by atoms with Gasteiger partial charge in [0.05, 0.1) is 18.6 Å². The van der Waals surface area contributed by atoms with Gasteiger partial charge in [0.2, 0.25) is 0 Å². The van der Waals surface area contributed by atoms with Gasteiger partial charge in [-0.05, 0) is 71.7 Å². The molecule has 1 amide bonds. The number of nitrogens with zero attached hydrogens (tertiary/aromatic N) is 2. The van der Waals surface area contributed by atoms with E-state index in [1.807, 2.05) is 12.1 Å². The number of aromatic nitrogens is 2. The van der Waals surface area contributed by atoms with Crippen LogP contribution in [0.2, 0.25) is 0 Å². The van der Waals surface area contributed by atoms with Crippen LogP contribution >= 0.6 is 0 Å². The third kappa shape index (κ3) is 6.15. The van der Waals surface area contributed by atoms with E-state index in [0.717, 1.165) is 41.5 Å². The number of carbonyl (C=O) groups excluding carboxylic acids is 1. The molecule has 2 fully saturated rings. The summed E-state index contributed by atoms with van der Waals surface area (Å²) in [5, 5.41) is 98.1. The highest BCUT2D eigenvalue weighted by molar-refractivity contribution is 6.13. The molecule has 318 valence electrons. The molecule has 1 aromatic heterocycles. The summed E-state index contributed by atoms with van der Waals surface area (Å²) in [5.41, 5.74) is 0.488. The fraction of sp³-hybridized carbons (Fsp3) is 0.356. The number of carboxylic acid groups (broad SMARTS) is 1. The van der Waals surface area contributed by atoms with Gasteiger partial charge in [-0.3, -0.25) is 9.69 Å². The van der Waals surface area contributed by atoms with Crippen molar-refractivity contribution >= 4 is 29.7 Å². The second-order valence-corrected chi connectivity index (χ2v) is 16.5. The van der Waals surface area contributed by atoms with Crippen LogP contribution < -0.4 is 9.64 Å². The number of aromatic amines is 1. The molecule has 16 nitrogen and oxygen atoms in total. The van der Waals surface area contributed by atoms with E-state index in [0.29, 0.717) is 29.5 Å². The zero-order valence-electron chi connectivity index (χ0n) is 32.6. The van der Waals surface area contributed by atoms with Crippen molar-refractivity contribution in [1.82, 2.24) is 9.97 Å². The zero-order valence-corrected chi connectivity index (χ0v) is 32.6. The molecule has 3 heterocycles. The van der Waals surface area contributed by atoms with Crippen LogP contribution in [-0.4, -0.2) is 110 Å². The summed E-state index contributed by atoms with van der Waals surface area (Å²) in [5.74, 6) is -8.35. The first-order valence-corrected chi connectivity index (χ1v) is 20.1. The lowest BCUT2D eigenvalue weighted by Gasteiger charge is -2.52. The highest BCUT2D eigenvalue weighted by Gasteiger charge is 2.67. The van der Waals surface area contributed by atoms with Gasteiger partial charge in [0, 0.05) is 52.9 Å². The zero-order chi connectivity index (χ0) is 43.0. The molecule has 1 saturated carbocycles. The monoisotopic (exact) mass is 835 g/mol. The number of amides is 1. The number of carboxylic acids is 1. The van der Waals surface area contributed by atoms with Crippen molar-refractivity contribution in [3.8, 4) is 23.0 Å². The highest BCUT2D eigenvalue weighted by Crippen LogP contribution is 2.67.